The van der Waals surface area contributed by atoms with Gasteiger partial charge in [0.15, 0.2) is 0 Å². The number of hydrogen-bond donors (Lipinski definition) is 3. The number of aromatic nitrogens is 2. The lowest BCUT2D eigenvalue weighted by molar-refractivity contribution is 0.253. The predicted molar refractivity (Wildman–Crippen MR) is 130 cm³/mol. The summed E-state index contributed by atoms with van der Waals surface area (Å²) in [5.74, 6) is 1.22. The minimum atomic E-state index is -0.190. The average molecular weight is 451 g/mol. The molecule has 2 aromatic heterocycles. The number of nitrogens with one attached hydrogen (secondary N) is 1. The summed E-state index contributed by atoms with van der Waals surface area (Å²) in [4.78, 5) is 9.15. The number of hydrogen-bond acceptors (Lipinski definition) is 6. The Hall–Kier alpha value is -2.93. The maximum absolute atomic E-state index is 9.11. The van der Waals surface area contributed by atoms with Crippen molar-refractivity contribution >= 4 is 29.5 Å². The molecule has 0 saturated heterocycles. The van der Waals surface area contributed by atoms with Crippen molar-refractivity contribution < 1.29 is 9.52 Å². The molecule has 4 N–H and O–H groups in total. The second-order valence-electron chi connectivity index (χ2n) is 8.22. The van der Waals surface area contributed by atoms with Crippen LogP contribution in [0.1, 0.15) is 30.5 Å². The van der Waals surface area contributed by atoms with Gasteiger partial charge in [-0.25, -0.2) is 4.98 Å². The van der Waals surface area contributed by atoms with Crippen molar-refractivity contribution in [2.24, 2.45) is 5.73 Å². The molecule has 0 amide bonds. The van der Waals surface area contributed by atoms with Gasteiger partial charge >= 0.3 is 0 Å². The van der Waals surface area contributed by atoms with Crippen molar-refractivity contribution in [1.29, 1.82) is 0 Å². The maximum atomic E-state index is 9.11. The molecular formula is C25H27ClN4O2. The third kappa shape index (κ3) is 3.86. The van der Waals surface area contributed by atoms with Crippen LogP contribution >= 0.6 is 12.4 Å². The number of aliphatic hydroxyl groups is 1. The lowest BCUT2D eigenvalue weighted by Gasteiger charge is -2.38. The van der Waals surface area contributed by atoms with E-state index in [1.54, 1.807) is 0 Å². The van der Waals surface area contributed by atoms with Gasteiger partial charge in [-0.3, -0.25) is 0 Å². The number of furan rings is 1. The van der Waals surface area contributed by atoms with E-state index in [1.807, 2.05) is 25.1 Å². The highest BCUT2D eigenvalue weighted by atomic mass is 35.5. The summed E-state index contributed by atoms with van der Waals surface area (Å²) in [6.45, 7) is 2.35. The van der Waals surface area contributed by atoms with Crippen LogP contribution in [-0.4, -0.2) is 28.2 Å². The molecule has 0 atom stereocenters. The summed E-state index contributed by atoms with van der Waals surface area (Å²) in [7, 11) is 0. The molecule has 1 aliphatic rings. The van der Waals surface area contributed by atoms with Gasteiger partial charge in [0, 0.05) is 23.2 Å². The fourth-order valence-corrected chi connectivity index (χ4v) is 4.30. The van der Waals surface area contributed by atoms with Crippen LogP contribution in [0, 0.1) is 6.92 Å². The van der Waals surface area contributed by atoms with Crippen LogP contribution < -0.4 is 11.1 Å². The molecule has 0 aliphatic heterocycles. The van der Waals surface area contributed by atoms with E-state index in [9.17, 15) is 0 Å². The van der Waals surface area contributed by atoms with E-state index in [2.05, 4.69) is 51.7 Å². The molecule has 2 heterocycles. The average Bonchev–Trinajstić information content (AvgIpc) is 3.17. The largest absolute Gasteiger partial charge is 0.437 e. The van der Waals surface area contributed by atoms with Gasteiger partial charge in [0.25, 0.3) is 0 Å². The van der Waals surface area contributed by atoms with Crippen LogP contribution in [0.5, 0.6) is 0 Å². The Morgan fingerprint density at radius 3 is 2.38 bits per heavy atom. The summed E-state index contributed by atoms with van der Waals surface area (Å²) < 4.78 is 6.32. The van der Waals surface area contributed by atoms with Gasteiger partial charge < -0.3 is 20.6 Å². The molecule has 1 aliphatic carbocycles. The van der Waals surface area contributed by atoms with Crippen LogP contribution in [0.25, 0.3) is 33.6 Å². The van der Waals surface area contributed by atoms with Gasteiger partial charge in [0.1, 0.15) is 5.76 Å². The topological polar surface area (TPSA) is 97.2 Å². The zero-order valence-electron chi connectivity index (χ0n) is 18.0. The lowest BCUT2D eigenvalue weighted by atomic mass is 9.72. The Bertz CT molecular complexity index is 1220. The van der Waals surface area contributed by atoms with Crippen molar-refractivity contribution in [3.8, 4) is 22.5 Å². The number of halogens is 1. The fraction of sp³-hybridized carbons (Fsp3) is 0.280. The van der Waals surface area contributed by atoms with Gasteiger partial charge in [0.2, 0.25) is 11.7 Å². The molecule has 1 fully saturated rings. The normalized spacial score (nSPS) is 14.6. The lowest BCUT2D eigenvalue weighted by Crippen LogP contribution is -2.43. The number of nitrogens with two attached hydrogens (primary N) is 1. The van der Waals surface area contributed by atoms with E-state index in [-0.39, 0.29) is 24.6 Å². The van der Waals surface area contributed by atoms with E-state index in [0.717, 1.165) is 46.4 Å². The number of aryl methyl sites for hydroxylation is 1. The van der Waals surface area contributed by atoms with E-state index in [4.69, 9.17) is 15.3 Å². The van der Waals surface area contributed by atoms with Crippen molar-refractivity contribution in [2.75, 3.05) is 18.5 Å². The molecule has 2 aromatic carbocycles. The standard InChI is InChI=1S/C25H26N4O2.ClH/c1-16-20-21(17-6-3-2-4-7-17)22(31-23(20)29-24(28-16)27-14-15-30)18-8-10-19(11-9-18)25(26)12-5-13-25;/h2-4,6-11,30H,5,12-15,26H2,1H3,(H,27,28,29);1H. The second-order valence-corrected chi connectivity index (χ2v) is 8.22. The molecule has 0 spiro atoms. The number of nitrogens with zero attached hydrogens (tertiary/aromatic N) is 2. The molecule has 0 unspecified atom stereocenters. The Kier molecular flexibility index (Phi) is 6.20. The van der Waals surface area contributed by atoms with Crippen molar-refractivity contribution in [3.05, 3.63) is 65.9 Å². The van der Waals surface area contributed by atoms with Gasteiger partial charge in [0.05, 0.1) is 17.7 Å². The quantitative estimate of drug-likeness (QED) is 0.381. The first-order valence-electron chi connectivity index (χ1n) is 10.7. The molecule has 5 rings (SSSR count). The monoisotopic (exact) mass is 450 g/mol. The predicted octanol–water partition coefficient (Wildman–Crippen LogP) is 5.03. The van der Waals surface area contributed by atoms with E-state index < -0.39 is 0 Å². The molecule has 0 radical (unpaired) electrons. The zero-order valence-corrected chi connectivity index (χ0v) is 18.8. The molecule has 4 aromatic rings. The van der Waals surface area contributed by atoms with Crippen LogP contribution in [0.3, 0.4) is 0 Å². The van der Waals surface area contributed by atoms with Crippen molar-refractivity contribution in [1.82, 2.24) is 9.97 Å². The molecule has 1 saturated carbocycles. The summed E-state index contributed by atoms with van der Waals surface area (Å²) in [5, 5.41) is 13.0. The van der Waals surface area contributed by atoms with Gasteiger partial charge in [-0.05, 0) is 37.3 Å². The highest BCUT2D eigenvalue weighted by Crippen LogP contribution is 2.43. The molecule has 0 bridgehead atoms. The Morgan fingerprint density at radius 2 is 1.75 bits per heavy atom. The first kappa shape index (κ1) is 22.3. The summed E-state index contributed by atoms with van der Waals surface area (Å²) in [5.41, 5.74) is 11.9. The molecule has 7 heteroatoms. The third-order valence-corrected chi connectivity index (χ3v) is 6.16. The zero-order chi connectivity index (χ0) is 21.4. The smallest absolute Gasteiger partial charge is 0.232 e. The van der Waals surface area contributed by atoms with Crippen molar-refractivity contribution in [3.63, 3.8) is 0 Å². The van der Waals surface area contributed by atoms with Crippen LogP contribution in [0.2, 0.25) is 0 Å². The molecule has 6 nitrogen and oxygen atoms in total. The second kappa shape index (κ2) is 8.90. The highest BCUT2D eigenvalue weighted by Gasteiger charge is 2.34. The van der Waals surface area contributed by atoms with E-state index >= 15 is 0 Å². The SMILES string of the molecule is Cc1nc(NCCO)nc2oc(-c3ccc(C4(N)CCC4)cc3)c(-c3ccccc3)c12.Cl. The third-order valence-electron chi connectivity index (χ3n) is 6.16. The summed E-state index contributed by atoms with van der Waals surface area (Å²) >= 11 is 0. The van der Waals surface area contributed by atoms with Crippen LogP contribution in [-0.2, 0) is 5.54 Å². The van der Waals surface area contributed by atoms with Crippen molar-refractivity contribution in [2.45, 2.75) is 31.7 Å². The molecule has 32 heavy (non-hydrogen) atoms. The number of benzene rings is 2. The first-order valence-corrected chi connectivity index (χ1v) is 10.7. The Balaban J connectivity index is 0.00000245. The number of rotatable bonds is 6. The van der Waals surface area contributed by atoms with Gasteiger partial charge in [-0.1, -0.05) is 54.6 Å². The number of fused-ring (bicyclic) bond motifs is 1. The molecule has 166 valence electrons. The van der Waals surface area contributed by atoms with Gasteiger partial charge in [-0.15, -0.1) is 12.4 Å². The van der Waals surface area contributed by atoms with Crippen LogP contribution in [0.4, 0.5) is 5.95 Å². The summed E-state index contributed by atoms with van der Waals surface area (Å²) in [6.07, 6.45) is 3.25. The maximum Gasteiger partial charge on any atom is 0.232 e. The highest BCUT2D eigenvalue weighted by molar-refractivity contribution is 6.01. The van der Waals surface area contributed by atoms with E-state index in [0.29, 0.717) is 18.2 Å². The number of aliphatic hydroxyl groups excluding tert-OH is 1. The number of anilines is 1. The fourth-order valence-electron chi connectivity index (χ4n) is 4.30. The first-order chi connectivity index (χ1) is 15.1. The minimum Gasteiger partial charge on any atom is -0.437 e. The van der Waals surface area contributed by atoms with E-state index in [1.165, 1.54) is 12.0 Å². The van der Waals surface area contributed by atoms with Gasteiger partial charge in [-0.2, -0.15) is 4.98 Å². The van der Waals surface area contributed by atoms with Crippen LogP contribution in [0.15, 0.2) is 59.0 Å². The summed E-state index contributed by atoms with van der Waals surface area (Å²) in [6, 6.07) is 18.6. The Morgan fingerprint density at radius 1 is 1.03 bits per heavy atom. The Labute approximate surface area is 193 Å². The molecular weight excluding hydrogens is 424 g/mol. The minimum absolute atomic E-state index is 0.